The predicted octanol–water partition coefficient (Wildman–Crippen LogP) is 2.87. The van der Waals surface area contributed by atoms with Crippen LogP contribution in [0.5, 0.6) is 0 Å². The molecule has 0 unspecified atom stereocenters. The first kappa shape index (κ1) is 17.0. The highest BCUT2D eigenvalue weighted by molar-refractivity contribution is 7.91. The van der Waals surface area contributed by atoms with E-state index < -0.39 is 26.5 Å². The van der Waals surface area contributed by atoms with Gasteiger partial charge in [-0.2, -0.15) is 13.2 Å². The molecule has 0 aliphatic heterocycles. The minimum atomic E-state index is -4.68. The zero-order chi connectivity index (χ0) is 15.6. The maximum absolute atomic E-state index is 12.8. The van der Waals surface area contributed by atoms with Crippen LogP contribution in [0.4, 0.5) is 13.2 Å². The van der Waals surface area contributed by atoms with E-state index in [0.717, 1.165) is 12.1 Å². The maximum atomic E-state index is 12.8. The molecule has 0 radical (unpaired) electrons. The fraction of sp³-hybridized carbons (Fsp3) is 0.538. The molecule has 114 valence electrons. The number of rotatable bonds is 4. The summed E-state index contributed by atoms with van der Waals surface area (Å²) in [5.41, 5.74) is -1.41. The van der Waals surface area contributed by atoms with Gasteiger partial charge in [0.05, 0.1) is 16.2 Å². The van der Waals surface area contributed by atoms with Crippen molar-refractivity contribution in [2.45, 2.75) is 37.4 Å². The van der Waals surface area contributed by atoms with E-state index in [1.54, 1.807) is 0 Å². The normalized spacial score (nSPS) is 13.5. The van der Waals surface area contributed by atoms with Gasteiger partial charge in [0.1, 0.15) is 0 Å². The van der Waals surface area contributed by atoms with Crippen LogP contribution in [0.3, 0.4) is 0 Å². The largest absolute Gasteiger partial charge is 0.417 e. The Morgan fingerprint density at radius 1 is 1.10 bits per heavy atom. The molecule has 0 saturated heterocycles. The van der Waals surface area contributed by atoms with Crippen LogP contribution in [0.2, 0.25) is 0 Å². The highest BCUT2D eigenvalue weighted by atomic mass is 32.2. The smallest absolute Gasteiger partial charge is 0.311 e. The third-order valence-electron chi connectivity index (χ3n) is 2.55. The van der Waals surface area contributed by atoms with Crippen LogP contribution in [-0.2, 0) is 16.0 Å². The van der Waals surface area contributed by atoms with Gasteiger partial charge in [-0.05, 0) is 32.9 Å². The van der Waals surface area contributed by atoms with E-state index >= 15 is 0 Å². The van der Waals surface area contributed by atoms with Crippen LogP contribution in [0.25, 0.3) is 0 Å². The lowest BCUT2D eigenvalue weighted by atomic mass is 10.1. The first-order chi connectivity index (χ1) is 8.93. The number of alkyl halides is 3. The van der Waals surface area contributed by atoms with Gasteiger partial charge in [0.15, 0.2) is 9.84 Å². The van der Waals surface area contributed by atoms with Crippen LogP contribution in [-0.4, -0.2) is 26.3 Å². The minimum Gasteiger partial charge on any atom is -0.311 e. The van der Waals surface area contributed by atoms with Crippen molar-refractivity contribution in [2.75, 3.05) is 12.3 Å². The van der Waals surface area contributed by atoms with Crippen LogP contribution in [0.15, 0.2) is 29.2 Å². The summed E-state index contributed by atoms with van der Waals surface area (Å²) in [7, 11) is -3.98. The third kappa shape index (κ3) is 4.79. The van der Waals surface area contributed by atoms with Crippen molar-refractivity contribution in [3.8, 4) is 0 Å². The van der Waals surface area contributed by atoms with Crippen LogP contribution in [0, 0.1) is 0 Å². The number of halogens is 3. The fourth-order valence-electron chi connectivity index (χ4n) is 1.64. The first-order valence-electron chi connectivity index (χ1n) is 6.07. The van der Waals surface area contributed by atoms with Gasteiger partial charge in [-0.25, -0.2) is 8.42 Å². The molecule has 0 aromatic heterocycles. The van der Waals surface area contributed by atoms with Gasteiger partial charge in [0, 0.05) is 12.1 Å². The average molecular weight is 309 g/mol. The molecule has 0 spiro atoms. The summed E-state index contributed by atoms with van der Waals surface area (Å²) in [5.74, 6) is -0.378. The molecule has 0 aliphatic carbocycles. The van der Waals surface area contributed by atoms with E-state index in [9.17, 15) is 21.6 Å². The van der Waals surface area contributed by atoms with Crippen molar-refractivity contribution < 1.29 is 21.6 Å². The predicted molar refractivity (Wildman–Crippen MR) is 71.3 cm³/mol. The second kappa shape index (κ2) is 5.73. The Balaban J connectivity index is 3.00. The highest BCUT2D eigenvalue weighted by Gasteiger charge is 2.36. The molecule has 0 amide bonds. The van der Waals surface area contributed by atoms with Crippen molar-refractivity contribution in [1.82, 2.24) is 5.32 Å². The molecule has 0 aliphatic rings. The van der Waals surface area contributed by atoms with E-state index in [0.29, 0.717) is 0 Å². The van der Waals surface area contributed by atoms with E-state index in [1.807, 2.05) is 20.8 Å². The Hall–Kier alpha value is -1.08. The molecule has 0 heterocycles. The van der Waals surface area contributed by atoms with Gasteiger partial charge < -0.3 is 5.32 Å². The summed E-state index contributed by atoms with van der Waals surface area (Å²) in [5, 5.41) is 2.95. The van der Waals surface area contributed by atoms with E-state index in [4.69, 9.17) is 0 Å². The molecule has 0 saturated carbocycles. The summed E-state index contributed by atoms with van der Waals surface area (Å²) in [6.45, 7) is 5.65. The molecule has 0 atom stereocenters. The summed E-state index contributed by atoms with van der Waals surface area (Å²) in [6, 6.07) is 4.24. The van der Waals surface area contributed by atoms with E-state index in [1.165, 1.54) is 12.1 Å². The van der Waals surface area contributed by atoms with Crippen molar-refractivity contribution in [3.05, 3.63) is 29.8 Å². The molecule has 1 aromatic rings. The SMILES string of the molecule is CC(C)(C)NCCS(=O)(=O)c1ccccc1C(F)(F)F. The summed E-state index contributed by atoms with van der Waals surface area (Å²) in [6.07, 6.45) is -4.68. The summed E-state index contributed by atoms with van der Waals surface area (Å²) < 4.78 is 62.5. The van der Waals surface area contributed by atoms with Gasteiger partial charge in [0.25, 0.3) is 0 Å². The molecular formula is C13H18F3NO2S. The van der Waals surface area contributed by atoms with Crippen molar-refractivity contribution in [1.29, 1.82) is 0 Å². The molecule has 0 fully saturated rings. The van der Waals surface area contributed by atoms with Crippen LogP contribution in [0.1, 0.15) is 26.3 Å². The van der Waals surface area contributed by atoms with Gasteiger partial charge in [-0.15, -0.1) is 0 Å². The number of sulfone groups is 1. The van der Waals surface area contributed by atoms with E-state index in [2.05, 4.69) is 5.32 Å². The number of benzene rings is 1. The lowest BCUT2D eigenvalue weighted by Gasteiger charge is -2.20. The lowest BCUT2D eigenvalue weighted by Crippen LogP contribution is -2.39. The average Bonchev–Trinajstić information content (AvgIpc) is 2.25. The second-order valence-corrected chi connectivity index (χ2v) is 7.57. The molecule has 7 heteroatoms. The molecular weight excluding hydrogens is 291 g/mol. The molecule has 1 aromatic carbocycles. The standard InChI is InChI=1S/C13H18F3NO2S/c1-12(2,3)17-8-9-20(18,19)11-7-5-4-6-10(11)13(14,15)16/h4-7,17H,8-9H2,1-3H3. The molecule has 1 rings (SSSR count). The first-order valence-corrected chi connectivity index (χ1v) is 7.73. The molecule has 20 heavy (non-hydrogen) atoms. The van der Waals surface area contributed by atoms with Crippen molar-refractivity contribution in [3.63, 3.8) is 0 Å². The van der Waals surface area contributed by atoms with Crippen molar-refractivity contribution in [2.24, 2.45) is 0 Å². The van der Waals surface area contributed by atoms with Crippen molar-refractivity contribution >= 4 is 9.84 Å². The fourth-order valence-corrected chi connectivity index (χ4v) is 3.04. The molecule has 3 nitrogen and oxygen atoms in total. The number of hydrogen-bond acceptors (Lipinski definition) is 3. The topological polar surface area (TPSA) is 46.2 Å². The number of hydrogen-bond donors (Lipinski definition) is 1. The van der Waals surface area contributed by atoms with Gasteiger partial charge in [0.2, 0.25) is 0 Å². The Bertz CT molecular complexity index is 560. The molecule has 1 N–H and O–H groups in total. The monoisotopic (exact) mass is 309 g/mol. The molecule has 0 bridgehead atoms. The van der Waals surface area contributed by atoms with Gasteiger partial charge in [-0.3, -0.25) is 0 Å². The van der Waals surface area contributed by atoms with Gasteiger partial charge in [-0.1, -0.05) is 12.1 Å². The lowest BCUT2D eigenvalue weighted by molar-refractivity contribution is -0.139. The second-order valence-electron chi connectivity index (χ2n) is 5.49. The Kier molecular flexibility index (Phi) is 4.86. The summed E-state index contributed by atoms with van der Waals surface area (Å²) >= 11 is 0. The van der Waals surface area contributed by atoms with E-state index in [-0.39, 0.29) is 17.8 Å². The van der Waals surface area contributed by atoms with Gasteiger partial charge >= 0.3 is 6.18 Å². The number of nitrogens with one attached hydrogen (secondary N) is 1. The maximum Gasteiger partial charge on any atom is 0.417 e. The zero-order valence-corrected chi connectivity index (χ0v) is 12.4. The Morgan fingerprint density at radius 2 is 1.65 bits per heavy atom. The summed E-state index contributed by atoms with van der Waals surface area (Å²) in [4.78, 5) is -0.664. The van der Waals surface area contributed by atoms with Crippen LogP contribution >= 0.6 is 0 Å². The Labute approximate surface area is 117 Å². The third-order valence-corrected chi connectivity index (χ3v) is 4.32. The Morgan fingerprint density at radius 3 is 2.15 bits per heavy atom. The quantitative estimate of drug-likeness (QED) is 0.930. The highest BCUT2D eigenvalue weighted by Crippen LogP contribution is 2.34. The van der Waals surface area contributed by atoms with Crippen LogP contribution < -0.4 is 5.32 Å². The zero-order valence-electron chi connectivity index (χ0n) is 11.6. The minimum absolute atomic E-state index is 0.0953.